The van der Waals surface area contributed by atoms with Gasteiger partial charge in [-0.2, -0.15) is 18.4 Å². The van der Waals surface area contributed by atoms with Gasteiger partial charge in [0.05, 0.1) is 10.0 Å². The molecule has 0 spiro atoms. The number of thiophene rings is 1. The van der Waals surface area contributed by atoms with Gasteiger partial charge in [-0.15, -0.1) is 11.3 Å². The van der Waals surface area contributed by atoms with Crippen LogP contribution in [0.2, 0.25) is 0 Å². The topological polar surface area (TPSA) is 23.8 Å². The smallest absolute Gasteiger partial charge is 0.191 e. The third kappa shape index (κ3) is 1.62. The molecule has 0 unspecified atom stereocenters. The lowest BCUT2D eigenvalue weighted by molar-refractivity contribution is -0.137. The van der Waals surface area contributed by atoms with Crippen molar-refractivity contribution in [2.75, 3.05) is 0 Å². The fraction of sp³-hybridized carbons (Fsp3) is 0.167. The summed E-state index contributed by atoms with van der Waals surface area (Å²) in [5.41, 5.74) is -0.788. The van der Waals surface area contributed by atoms with E-state index in [0.29, 0.717) is 0 Å². The number of hydrogen-bond acceptors (Lipinski definition) is 2. The zero-order chi connectivity index (χ0) is 9.35. The normalized spacial score (nSPS) is 11.2. The predicted molar refractivity (Wildman–Crippen MR) is 41.7 cm³/mol. The van der Waals surface area contributed by atoms with E-state index in [4.69, 9.17) is 5.26 Å². The number of alkyl halides is 3. The van der Waals surface area contributed by atoms with E-state index >= 15 is 0 Å². The van der Waals surface area contributed by atoms with Gasteiger partial charge in [-0.3, -0.25) is 0 Å². The number of halogens is 4. The third-order valence-corrected chi connectivity index (χ3v) is 3.11. The molecule has 0 aliphatic rings. The van der Waals surface area contributed by atoms with Crippen molar-refractivity contribution in [2.24, 2.45) is 0 Å². The standard InChI is InChI=1S/C6HBrF3NS/c7-5-3(6(8,9)10)2-12-4(5)1-11/h2H. The fourth-order valence-electron chi connectivity index (χ4n) is 0.610. The van der Waals surface area contributed by atoms with Gasteiger partial charge in [-0.25, -0.2) is 0 Å². The number of hydrogen-bond donors (Lipinski definition) is 0. The van der Waals surface area contributed by atoms with Crippen LogP contribution in [0.1, 0.15) is 10.4 Å². The molecule has 0 aromatic carbocycles. The summed E-state index contributed by atoms with van der Waals surface area (Å²) in [5.74, 6) is 0. The zero-order valence-corrected chi connectivity index (χ0v) is 7.85. The molecule has 6 heteroatoms. The van der Waals surface area contributed by atoms with Crippen LogP contribution in [0.4, 0.5) is 13.2 Å². The van der Waals surface area contributed by atoms with E-state index in [1.54, 1.807) is 6.07 Å². The van der Waals surface area contributed by atoms with Crippen LogP contribution in [0.3, 0.4) is 0 Å². The highest BCUT2D eigenvalue weighted by atomic mass is 79.9. The van der Waals surface area contributed by atoms with Gasteiger partial charge in [0, 0.05) is 5.38 Å². The van der Waals surface area contributed by atoms with Crippen LogP contribution >= 0.6 is 27.3 Å². The highest BCUT2D eigenvalue weighted by molar-refractivity contribution is 9.10. The van der Waals surface area contributed by atoms with Crippen LogP contribution in [-0.4, -0.2) is 0 Å². The Labute approximate surface area is 78.6 Å². The van der Waals surface area contributed by atoms with Gasteiger partial charge >= 0.3 is 6.18 Å². The van der Waals surface area contributed by atoms with Crippen molar-refractivity contribution in [3.05, 3.63) is 20.3 Å². The first-order valence-corrected chi connectivity index (χ1v) is 4.38. The second kappa shape index (κ2) is 3.07. The van der Waals surface area contributed by atoms with Crippen molar-refractivity contribution >= 4 is 27.3 Å². The van der Waals surface area contributed by atoms with Crippen molar-refractivity contribution in [3.8, 4) is 6.07 Å². The maximum atomic E-state index is 12.1. The first-order valence-electron chi connectivity index (χ1n) is 2.71. The molecule has 0 N–H and O–H groups in total. The second-order valence-electron chi connectivity index (χ2n) is 1.90. The average Bonchev–Trinajstić information content (AvgIpc) is 2.29. The first-order chi connectivity index (χ1) is 5.46. The van der Waals surface area contributed by atoms with Gasteiger partial charge in [0.1, 0.15) is 10.9 Å². The van der Waals surface area contributed by atoms with Crippen LogP contribution in [0.5, 0.6) is 0 Å². The largest absolute Gasteiger partial charge is 0.418 e. The molecule has 1 nitrogen and oxygen atoms in total. The molecule has 0 atom stereocenters. The van der Waals surface area contributed by atoms with Crippen LogP contribution in [0.15, 0.2) is 9.85 Å². The maximum Gasteiger partial charge on any atom is 0.418 e. The van der Waals surface area contributed by atoms with E-state index in [0.717, 1.165) is 16.7 Å². The Morgan fingerprint density at radius 1 is 1.50 bits per heavy atom. The number of nitriles is 1. The molecule has 0 saturated heterocycles. The van der Waals surface area contributed by atoms with Crippen molar-refractivity contribution < 1.29 is 13.2 Å². The van der Waals surface area contributed by atoms with Crippen molar-refractivity contribution in [1.82, 2.24) is 0 Å². The van der Waals surface area contributed by atoms with E-state index in [9.17, 15) is 13.2 Å². The molecule has 0 aliphatic carbocycles. The highest BCUT2D eigenvalue weighted by Crippen LogP contribution is 2.39. The molecule has 1 aromatic rings. The molecule has 0 fully saturated rings. The van der Waals surface area contributed by atoms with E-state index in [2.05, 4.69) is 15.9 Å². The third-order valence-electron chi connectivity index (χ3n) is 1.14. The Morgan fingerprint density at radius 2 is 2.08 bits per heavy atom. The molecule has 1 aromatic heterocycles. The van der Waals surface area contributed by atoms with E-state index in [1.165, 1.54) is 0 Å². The molecule has 0 bridgehead atoms. The Balaban J connectivity index is 3.22. The van der Waals surface area contributed by atoms with Crippen LogP contribution in [0, 0.1) is 11.3 Å². The molecule has 0 saturated carbocycles. The summed E-state index contributed by atoms with van der Waals surface area (Å²) >= 11 is 3.49. The Bertz CT molecular complexity index is 336. The Kier molecular flexibility index (Phi) is 2.44. The molecule has 0 radical (unpaired) electrons. The minimum Gasteiger partial charge on any atom is -0.191 e. The molecule has 1 heterocycles. The molecule has 12 heavy (non-hydrogen) atoms. The zero-order valence-electron chi connectivity index (χ0n) is 5.44. The highest BCUT2D eigenvalue weighted by Gasteiger charge is 2.35. The minimum absolute atomic E-state index is 0.0438. The second-order valence-corrected chi connectivity index (χ2v) is 3.57. The van der Waals surface area contributed by atoms with E-state index in [1.807, 2.05) is 0 Å². The van der Waals surface area contributed by atoms with E-state index in [-0.39, 0.29) is 9.35 Å². The number of rotatable bonds is 0. The lowest BCUT2D eigenvalue weighted by Gasteiger charge is -2.02. The summed E-state index contributed by atoms with van der Waals surface area (Å²) in [5, 5.41) is 9.28. The summed E-state index contributed by atoms with van der Waals surface area (Å²) in [6.45, 7) is 0. The van der Waals surface area contributed by atoms with Crippen LogP contribution in [-0.2, 0) is 6.18 Å². The molecule has 1 rings (SSSR count). The maximum absolute atomic E-state index is 12.1. The van der Waals surface area contributed by atoms with Gasteiger partial charge < -0.3 is 0 Å². The SMILES string of the molecule is N#Cc1scc(C(F)(F)F)c1Br. The molecular weight excluding hydrogens is 255 g/mol. The van der Waals surface area contributed by atoms with Gasteiger partial charge in [0.25, 0.3) is 0 Å². The monoisotopic (exact) mass is 255 g/mol. The summed E-state index contributed by atoms with van der Waals surface area (Å²) in [6, 6.07) is 1.66. The van der Waals surface area contributed by atoms with Gasteiger partial charge in [0.15, 0.2) is 0 Å². The molecule has 0 aliphatic heterocycles. The summed E-state index contributed by atoms with van der Waals surface area (Å²) in [6.07, 6.45) is -4.38. The first kappa shape index (κ1) is 9.55. The molecule has 64 valence electrons. The van der Waals surface area contributed by atoms with Crippen molar-refractivity contribution in [3.63, 3.8) is 0 Å². The van der Waals surface area contributed by atoms with Gasteiger partial charge in [-0.05, 0) is 15.9 Å². The quantitative estimate of drug-likeness (QED) is 0.697. The molecule has 0 amide bonds. The summed E-state index contributed by atoms with van der Waals surface area (Å²) in [4.78, 5) is 0.0438. The van der Waals surface area contributed by atoms with Gasteiger partial charge in [-0.1, -0.05) is 0 Å². The average molecular weight is 256 g/mol. The van der Waals surface area contributed by atoms with Crippen LogP contribution in [0.25, 0.3) is 0 Å². The fourth-order valence-corrected chi connectivity index (χ4v) is 2.22. The summed E-state index contributed by atoms with van der Waals surface area (Å²) < 4.78 is 36.0. The number of nitrogens with zero attached hydrogens (tertiary/aromatic N) is 1. The lowest BCUT2D eigenvalue weighted by Crippen LogP contribution is -2.03. The minimum atomic E-state index is -4.38. The Morgan fingerprint density at radius 3 is 2.33 bits per heavy atom. The van der Waals surface area contributed by atoms with Crippen molar-refractivity contribution in [2.45, 2.75) is 6.18 Å². The summed E-state index contributed by atoms with van der Waals surface area (Å²) in [7, 11) is 0. The van der Waals surface area contributed by atoms with Crippen molar-refractivity contribution in [1.29, 1.82) is 5.26 Å². The Hall–Kier alpha value is -0.540. The van der Waals surface area contributed by atoms with Crippen LogP contribution < -0.4 is 0 Å². The predicted octanol–water partition coefficient (Wildman–Crippen LogP) is 3.40. The van der Waals surface area contributed by atoms with E-state index < -0.39 is 11.7 Å². The van der Waals surface area contributed by atoms with Gasteiger partial charge in [0.2, 0.25) is 0 Å². The lowest BCUT2D eigenvalue weighted by atomic mass is 10.3. The molecular formula is C6HBrF3NS.